The van der Waals surface area contributed by atoms with Crippen LogP contribution < -0.4 is 15.1 Å². The zero-order valence-corrected chi connectivity index (χ0v) is 21.3. The van der Waals surface area contributed by atoms with Gasteiger partial charge in [-0.3, -0.25) is 0 Å². The van der Waals surface area contributed by atoms with Crippen LogP contribution in [-0.2, 0) is 4.74 Å². The number of nitrogens with zero attached hydrogens (tertiary/aromatic N) is 2. The number of rotatable bonds is 9. The number of anilines is 2. The molecule has 0 spiro atoms. The van der Waals surface area contributed by atoms with Gasteiger partial charge in [-0.2, -0.15) is 0 Å². The van der Waals surface area contributed by atoms with Crippen molar-refractivity contribution >= 4 is 34.4 Å². The first kappa shape index (κ1) is 24.0. The molecule has 4 nitrogen and oxygen atoms in total. The van der Waals surface area contributed by atoms with Gasteiger partial charge in [0.25, 0.3) is 0 Å². The maximum Gasteiger partial charge on any atom is 0.196 e. The molecule has 1 aliphatic rings. The van der Waals surface area contributed by atoms with Crippen molar-refractivity contribution in [1.29, 1.82) is 0 Å². The summed E-state index contributed by atoms with van der Waals surface area (Å²) in [5.41, 5.74) is 6.44. The summed E-state index contributed by atoms with van der Waals surface area (Å²) in [5, 5.41) is 4.30. The van der Waals surface area contributed by atoms with Crippen molar-refractivity contribution in [3.05, 3.63) is 94.5 Å². The SMILES string of the molecule is CCN(CC)c1ccc(C2=C(c3ccccc3Cl)OC(c3ccc(N(CC)CC)cc3)N2)cc1. The van der Waals surface area contributed by atoms with Crippen LogP contribution in [-0.4, -0.2) is 26.2 Å². The van der Waals surface area contributed by atoms with Crippen LogP contribution in [0.1, 0.15) is 50.6 Å². The maximum atomic E-state index is 6.59. The average molecular weight is 476 g/mol. The standard InChI is InChI=1S/C29H34ClN3O/c1-5-32(6-2)23-17-13-21(14-18-23)27-28(25-11-9-10-12-26(25)30)34-29(31-27)22-15-19-24(20-16-22)33(7-3)8-4/h9-20,29,31H,5-8H2,1-4H3. The van der Waals surface area contributed by atoms with Gasteiger partial charge in [0.05, 0.1) is 10.7 Å². The van der Waals surface area contributed by atoms with Crippen LogP contribution in [0.15, 0.2) is 72.8 Å². The average Bonchev–Trinajstić information content (AvgIpc) is 3.32. The molecule has 0 aliphatic carbocycles. The van der Waals surface area contributed by atoms with Gasteiger partial charge in [-0.15, -0.1) is 0 Å². The van der Waals surface area contributed by atoms with Gasteiger partial charge in [-0.05, 0) is 64.1 Å². The summed E-state index contributed by atoms with van der Waals surface area (Å²) < 4.78 is 6.51. The molecule has 0 saturated heterocycles. The van der Waals surface area contributed by atoms with E-state index in [1.54, 1.807) is 0 Å². The van der Waals surface area contributed by atoms with E-state index in [9.17, 15) is 0 Å². The molecule has 0 saturated carbocycles. The Hall–Kier alpha value is -3.11. The Bertz CT molecular complexity index is 1120. The van der Waals surface area contributed by atoms with Crippen molar-refractivity contribution in [2.75, 3.05) is 36.0 Å². The van der Waals surface area contributed by atoms with E-state index in [-0.39, 0.29) is 6.23 Å². The molecular weight excluding hydrogens is 442 g/mol. The van der Waals surface area contributed by atoms with Crippen molar-refractivity contribution in [3.8, 4) is 0 Å². The molecule has 4 rings (SSSR count). The van der Waals surface area contributed by atoms with Gasteiger partial charge >= 0.3 is 0 Å². The molecule has 3 aromatic rings. The quantitative estimate of drug-likeness (QED) is 0.354. The van der Waals surface area contributed by atoms with E-state index in [1.807, 2.05) is 24.3 Å². The fourth-order valence-electron chi connectivity index (χ4n) is 4.49. The third-order valence-corrected chi connectivity index (χ3v) is 6.80. The summed E-state index contributed by atoms with van der Waals surface area (Å²) in [6.45, 7) is 12.6. The topological polar surface area (TPSA) is 27.7 Å². The van der Waals surface area contributed by atoms with Gasteiger partial charge in [0.15, 0.2) is 12.0 Å². The molecule has 1 N–H and O–H groups in total. The molecular formula is C29H34ClN3O. The highest BCUT2D eigenvalue weighted by molar-refractivity contribution is 6.32. The van der Waals surface area contributed by atoms with E-state index in [4.69, 9.17) is 16.3 Å². The lowest BCUT2D eigenvalue weighted by atomic mass is 10.1. The summed E-state index contributed by atoms with van der Waals surface area (Å²) >= 11 is 6.59. The summed E-state index contributed by atoms with van der Waals surface area (Å²) in [6, 6.07) is 25.1. The minimum absolute atomic E-state index is 0.283. The van der Waals surface area contributed by atoms with E-state index in [0.717, 1.165) is 54.3 Å². The molecule has 0 aromatic heterocycles. The lowest BCUT2D eigenvalue weighted by molar-refractivity contribution is 0.175. The molecule has 1 heterocycles. The second kappa shape index (κ2) is 10.9. The van der Waals surface area contributed by atoms with E-state index in [2.05, 4.69) is 91.3 Å². The van der Waals surface area contributed by atoms with Gasteiger partial charge in [-0.25, -0.2) is 0 Å². The zero-order valence-electron chi connectivity index (χ0n) is 20.5. The fraction of sp³-hybridized carbons (Fsp3) is 0.310. The van der Waals surface area contributed by atoms with Gasteiger partial charge in [0.1, 0.15) is 0 Å². The number of nitrogens with one attached hydrogen (secondary N) is 1. The van der Waals surface area contributed by atoms with Crippen molar-refractivity contribution in [1.82, 2.24) is 5.32 Å². The smallest absolute Gasteiger partial charge is 0.196 e. The Morgan fingerprint density at radius 3 is 1.79 bits per heavy atom. The predicted octanol–water partition coefficient (Wildman–Crippen LogP) is 7.18. The normalized spacial score (nSPS) is 15.1. The highest BCUT2D eigenvalue weighted by atomic mass is 35.5. The maximum absolute atomic E-state index is 6.59. The summed E-state index contributed by atoms with van der Waals surface area (Å²) in [5.74, 6) is 0.777. The van der Waals surface area contributed by atoms with Crippen molar-refractivity contribution in [3.63, 3.8) is 0 Å². The number of hydrogen-bond acceptors (Lipinski definition) is 4. The summed E-state index contributed by atoms with van der Waals surface area (Å²) in [4.78, 5) is 4.68. The van der Waals surface area contributed by atoms with Gasteiger partial charge in [-0.1, -0.05) is 48.0 Å². The zero-order chi connectivity index (χ0) is 24.1. The molecule has 5 heteroatoms. The summed E-state index contributed by atoms with van der Waals surface area (Å²) in [6.07, 6.45) is -0.283. The Morgan fingerprint density at radius 1 is 0.735 bits per heavy atom. The molecule has 0 amide bonds. The molecule has 1 unspecified atom stereocenters. The van der Waals surface area contributed by atoms with Gasteiger partial charge in [0.2, 0.25) is 0 Å². The minimum Gasteiger partial charge on any atom is -0.464 e. The van der Waals surface area contributed by atoms with Crippen LogP contribution in [0, 0.1) is 0 Å². The fourth-order valence-corrected chi connectivity index (χ4v) is 4.71. The summed E-state index contributed by atoms with van der Waals surface area (Å²) in [7, 11) is 0. The largest absolute Gasteiger partial charge is 0.464 e. The van der Waals surface area contributed by atoms with Crippen molar-refractivity contribution in [2.24, 2.45) is 0 Å². The minimum atomic E-state index is -0.283. The molecule has 0 fully saturated rings. The number of halogens is 1. The van der Waals surface area contributed by atoms with E-state index in [0.29, 0.717) is 5.02 Å². The third kappa shape index (κ3) is 4.88. The van der Waals surface area contributed by atoms with Crippen LogP contribution in [0.25, 0.3) is 11.5 Å². The number of ether oxygens (including phenoxy) is 1. The second-order valence-electron chi connectivity index (χ2n) is 8.31. The van der Waals surface area contributed by atoms with Gasteiger partial charge in [0, 0.05) is 54.2 Å². The van der Waals surface area contributed by atoms with Crippen LogP contribution in [0.5, 0.6) is 0 Å². The Kier molecular flexibility index (Phi) is 7.69. The molecule has 3 aromatic carbocycles. The van der Waals surface area contributed by atoms with E-state index in [1.165, 1.54) is 11.4 Å². The molecule has 0 bridgehead atoms. The van der Waals surface area contributed by atoms with Crippen molar-refractivity contribution in [2.45, 2.75) is 33.9 Å². The highest BCUT2D eigenvalue weighted by Crippen LogP contribution is 2.40. The van der Waals surface area contributed by atoms with Crippen LogP contribution in [0.2, 0.25) is 5.02 Å². The number of benzene rings is 3. The Morgan fingerprint density at radius 2 is 1.26 bits per heavy atom. The first-order chi connectivity index (χ1) is 16.6. The lowest BCUT2D eigenvalue weighted by Crippen LogP contribution is -2.22. The lowest BCUT2D eigenvalue weighted by Gasteiger charge is -2.22. The first-order valence-corrected chi connectivity index (χ1v) is 12.6. The molecule has 1 atom stereocenters. The van der Waals surface area contributed by atoms with E-state index < -0.39 is 0 Å². The Labute approximate surface area is 208 Å². The highest BCUT2D eigenvalue weighted by Gasteiger charge is 2.29. The predicted molar refractivity (Wildman–Crippen MR) is 145 cm³/mol. The van der Waals surface area contributed by atoms with Gasteiger partial charge < -0.3 is 19.9 Å². The Balaban J connectivity index is 1.67. The number of hydrogen-bond donors (Lipinski definition) is 1. The molecule has 34 heavy (non-hydrogen) atoms. The van der Waals surface area contributed by atoms with Crippen LogP contribution in [0.3, 0.4) is 0 Å². The second-order valence-corrected chi connectivity index (χ2v) is 8.72. The van der Waals surface area contributed by atoms with E-state index >= 15 is 0 Å². The monoisotopic (exact) mass is 475 g/mol. The third-order valence-electron chi connectivity index (χ3n) is 6.47. The first-order valence-electron chi connectivity index (χ1n) is 12.2. The molecule has 178 valence electrons. The molecule has 1 aliphatic heterocycles. The van der Waals surface area contributed by atoms with Crippen molar-refractivity contribution < 1.29 is 4.74 Å². The van der Waals surface area contributed by atoms with Crippen LogP contribution >= 0.6 is 11.6 Å². The molecule has 0 radical (unpaired) electrons. The van der Waals surface area contributed by atoms with Crippen LogP contribution in [0.4, 0.5) is 11.4 Å².